The molecule has 0 N–H and O–H groups in total. The van der Waals surface area contributed by atoms with Gasteiger partial charge in [0, 0.05) is 0 Å². The highest BCUT2D eigenvalue weighted by Gasteiger charge is 2.08. The van der Waals surface area contributed by atoms with E-state index in [0.717, 1.165) is 5.56 Å². The first-order chi connectivity index (χ1) is 6.14. The molecule has 0 fully saturated rings. The molecule has 0 saturated carbocycles. The van der Waals surface area contributed by atoms with Crippen molar-refractivity contribution in [1.82, 2.24) is 0 Å². The van der Waals surface area contributed by atoms with Crippen LogP contribution in [0.4, 0.5) is 0 Å². The topological polar surface area (TPSA) is 34.1 Å². The Hall–Kier alpha value is -1.27. The highest BCUT2D eigenvalue weighted by atomic mass is 32.2. The summed E-state index contributed by atoms with van der Waals surface area (Å²) in [6, 6.07) is 9.00. The second kappa shape index (κ2) is 4.11. The first kappa shape index (κ1) is 9.82. The Morgan fingerprint density at radius 2 is 1.85 bits per heavy atom. The molecule has 0 amide bonds. The molecular formula is C10H10O2S. The van der Waals surface area contributed by atoms with Crippen molar-refractivity contribution < 1.29 is 8.42 Å². The van der Waals surface area contributed by atoms with E-state index in [-0.39, 0.29) is 11.5 Å². The molecule has 1 rings (SSSR count). The molecule has 0 aliphatic carbocycles. The quantitative estimate of drug-likeness (QED) is 0.678. The van der Waals surface area contributed by atoms with Crippen molar-refractivity contribution in [2.24, 2.45) is 0 Å². The number of sulfone groups is 1. The highest BCUT2D eigenvalue weighted by Crippen LogP contribution is 2.05. The Labute approximate surface area is 78.5 Å². The molecular weight excluding hydrogens is 184 g/mol. The van der Waals surface area contributed by atoms with Crippen molar-refractivity contribution in [3.63, 3.8) is 0 Å². The highest BCUT2D eigenvalue weighted by molar-refractivity contribution is 7.90. The lowest BCUT2D eigenvalue weighted by Crippen LogP contribution is -2.07. The van der Waals surface area contributed by atoms with Crippen LogP contribution in [0.3, 0.4) is 0 Å². The minimum absolute atomic E-state index is 0.0258. The van der Waals surface area contributed by atoms with Gasteiger partial charge < -0.3 is 0 Å². The summed E-state index contributed by atoms with van der Waals surface area (Å²) in [6.45, 7) is 0. The van der Waals surface area contributed by atoms with Crippen LogP contribution in [0.1, 0.15) is 5.56 Å². The number of hydrogen-bond donors (Lipinski definition) is 0. The van der Waals surface area contributed by atoms with E-state index in [9.17, 15) is 8.42 Å². The minimum Gasteiger partial charge on any atom is -0.228 e. The summed E-state index contributed by atoms with van der Waals surface area (Å²) in [4.78, 5) is 0. The molecule has 0 aromatic heterocycles. The van der Waals surface area contributed by atoms with Crippen LogP contribution in [0.5, 0.6) is 0 Å². The van der Waals surface area contributed by atoms with Gasteiger partial charge in [0.25, 0.3) is 0 Å². The Kier molecular flexibility index (Phi) is 3.10. The summed E-state index contributed by atoms with van der Waals surface area (Å²) < 4.78 is 22.5. The normalized spacial score (nSPS) is 10.7. The minimum atomic E-state index is -3.12. The van der Waals surface area contributed by atoms with Crippen LogP contribution in [0, 0.1) is 12.3 Å². The zero-order valence-electron chi connectivity index (χ0n) is 7.10. The van der Waals surface area contributed by atoms with Crippen molar-refractivity contribution in [2.45, 2.75) is 5.75 Å². The van der Waals surface area contributed by atoms with Gasteiger partial charge in [-0.1, -0.05) is 36.3 Å². The standard InChI is InChI=1S/C10H10O2S/c1-2-8-13(11,12)9-10-6-4-3-5-7-10/h1,3-7H,8-9H2. The van der Waals surface area contributed by atoms with Crippen LogP contribution in [0.25, 0.3) is 0 Å². The first-order valence-electron chi connectivity index (χ1n) is 3.82. The fourth-order valence-corrected chi connectivity index (χ4v) is 2.06. The van der Waals surface area contributed by atoms with Crippen LogP contribution in [-0.4, -0.2) is 14.2 Å². The maximum absolute atomic E-state index is 11.3. The largest absolute Gasteiger partial charge is 0.228 e. The lowest BCUT2D eigenvalue weighted by atomic mass is 10.2. The van der Waals surface area contributed by atoms with Crippen LogP contribution >= 0.6 is 0 Å². The Morgan fingerprint density at radius 3 is 2.38 bits per heavy atom. The second-order valence-corrected chi connectivity index (χ2v) is 4.79. The molecule has 13 heavy (non-hydrogen) atoms. The van der Waals surface area contributed by atoms with Gasteiger partial charge in [-0.15, -0.1) is 6.42 Å². The predicted molar refractivity (Wildman–Crippen MR) is 52.8 cm³/mol. The van der Waals surface area contributed by atoms with Gasteiger partial charge in [0.15, 0.2) is 9.84 Å². The smallest absolute Gasteiger partial charge is 0.165 e. The van der Waals surface area contributed by atoms with E-state index in [4.69, 9.17) is 6.42 Å². The van der Waals surface area contributed by atoms with Gasteiger partial charge in [0.1, 0.15) is 5.75 Å². The molecule has 0 aliphatic heterocycles. The Morgan fingerprint density at radius 1 is 1.23 bits per heavy atom. The summed E-state index contributed by atoms with van der Waals surface area (Å²) in [6.07, 6.45) is 4.94. The Balaban J connectivity index is 2.77. The third kappa shape index (κ3) is 3.30. The molecule has 0 spiro atoms. The van der Waals surface area contributed by atoms with E-state index in [1.165, 1.54) is 0 Å². The van der Waals surface area contributed by atoms with E-state index in [0.29, 0.717) is 0 Å². The molecule has 0 saturated heterocycles. The maximum Gasteiger partial charge on any atom is 0.165 e. The summed E-state index contributed by atoms with van der Waals surface area (Å²) in [5.41, 5.74) is 0.776. The van der Waals surface area contributed by atoms with Crippen LogP contribution < -0.4 is 0 Å². The summed E-state index contributed by atoms with van der Waals surface area (Å²) in [7, 11) is -3.12. The number of hydrogen-bond acceptors (Lipinski definition) is 2. The van der Waals surface area contributed by atoms with Crippen molar-refractivity contribution in [3.8, 4) is 12.3 Å². The average Bonchev–Trinajstić information content (AvgIpc) is 2.04. The van der Waals surface area contributed by atoms with Crippen molar-refractivity contribution in [1.29, 1.82) is 0 Å². The van der Waals surface area contributed by atoms with Gasteiger partial charge in [-0.2, -0.15) is 0 Å². The van der Waals surface area contributed by atoms with E-state index in [1.807, 2.05) is 6.07 Å². The first-order valence-corrected chi connectivity index (χ1v) is 5.64. The predicted octanol–water partition coefficient (Wildman–Crippen LogP) is 1.23. The van der Waals surface area contributed by atoms with E-state index in [1.54, 1.807) is 24.3 Å². The lowest BCUT2D eigenvalue weighted by Gasteiger charge is -1.99. The summed E-state index contributed by atoms with van der Waals surface area (Å²) >= 11 is 0. The Bertz CT molecular complexity index is 398. The second-order valence-electron chi connectivity index (χ2n) is 2.72. The fraction of sp³-hybridized carbons (Fsp3) is 0.200. The average molecular weight is 194 g/mol. The molecule has 3 heteroatoms. The molecule has 0 bridgehead atoms. The van der Waals surface area contributed by atoms with Crippen molar-refractivity contribution >= 4 is 9.84 Å². The SMILES string of the molecule is C#CCS(=O)(=O)Cc1ccccc1. The zero-order chi connectivity index (χ0) is 9.73. The molecule has 68 valence electrons. The number of terminal acetylenes is 1. The summed E-state index contributed by atoms with van der Waals surface area (Å²) in [5, 5.41) is 0. The molecule has 0 atom stereocenters. The molecule has 0 radical (unpaired) electrons. The number of rotatable bonds is 3. The zero-order valence-corrected chi connectivity index (χ0v) is 7.92. The van der Waals surface area contributed by atoms with E-state index < -0.39 is 9.84 Å². The van der Waals surface area contributed by atoms with Gasteiger partial charge in [-0.3, -0.25) is 0 Å². The van der Waals surface area contributed by atoms with Gasteiger partial charge in [0.2, 0.25) is 0 Å². The van der Waals surface area contributed by atoms with Crippen LogP contribution in [-0.2, 0) is 15.6 Å². The van der Waals surface area contributed by atoms with Crippen molar-refractivity contribution in [2.75, 3.05) is 5.75 Å². The van der Waals surface area contributed by atoms with Crippen molar-refractivity contribution in [3.05, 3.63) is 35.9 Å². The monoisotopic (exact) mass is 194 g/mol. The fourth-order valence-electron chi connectivity index (χ4n) is 1.01. The number of benzene rings is 1. The third-order valence-corrected chi connectivity index (χ3v) is 2.91. The molecule has 2 nitrogen and oxygen atoms in total. The summed E-state index contributed by atoms with van der Waals surface area (Å²) in [5.74, 6) is 1.97. The van der Waals surface area contributed by atoms with Gasteiger partial charge in [-0.25, -0.2) is 8.42 Å². The maximum atomic E-state index is 11.3. The molecule has 0 aliphatic rings. The lowest BCUT2D eigenvalue weighted by molar-refractivity contribution is 0.598. The van der Waals surface area contributed by atoms with Gasteiger partial charge >= 0.3 is 0 Å². The molecule has 0 heterocycles. The van der Waals surface area contributed by atoms with Crippen LogP contribution in [0.15, 0.2) is 30.3 Å². The van der Waals surface area contributed by atoms with Gasteiger partial charge in [0.05, 0.1) is 5.75 Å². The molecule has 0 unspecified atom stereocenters. The van der Waals surface area contributed by atoms with E-state index >= 15 is 0 Å². The molecule has 1 aromatic carbocycles. The van der Waals surface area contributed by atoms with Crippen LogP contribution in [0.2, 0.25) is 0 Å². The molecule has 1 aromatic rings. The van der Waals surface area contributed by atoms with Gasteiger partial charge in [-0.05, 0) is 5.56 Å². The van der Waals surface area contributed by atoms with E-state index in [2.05, 4.69) is 5.92 Å². The third-order valence-electron chi connectivity index (χ3n) is 1.53.